The number of hydrogen-bond donors (Lipinski definition) is 1. The molecule has 7 heteroatoms. The predicted molar refractivity (Wildman–Crippen MR) is 89.4 cm³/mol. The molecule has 0 aliphatic heterocycles. The Morgan fingerprint density at radius 3 is 2.52 bits per heavy atom. The van der Waals surface area contributed by atoms with Crippen LogP contribution in [0.2, 0.25) is 0 Å². The Balaban J connectivity index is 2.27. The van der Waals surface area contributed by atoms with Gasteiger partial charge in [-0.1, -0.05) is 12.1 Å². The quantitative estimate of drug-likeness (QED) is 0.902. The van der Waals surface area contributed by atoms with Gasteiger partial charge in [-0.2, -0.15) is 0 Å². The van der Waals surface area contributed by atoms with Gasteiger partial charge in [-0.3, -0.25) is 9.69 Å². The van der Waals surface area contributed by atoms with Crippen molar-refractivity contribution in [1.29, 1.82) is 0 Å². The molecule has 0 spiro atoms. The molecular weight excluding hydrogens is 294 g/mol. The van der Waals surface area contributed by atoms with Gasteiger partial charge >= 0.3 is 6.03 Å². The second-order valence-corrected chi connectivity index (χ2v) is 5.65. The third kappa shape index (κ3) is 3.68. The molecule has 1 aromatic heterocycles. The maximum atomic E-state index is 12.8. The number of imidazole rings is 1. The number of carbonyl (C=O) groups excluding carboxylic acids is 2. The zero-order chi connectivity index (χ0) is 17.0. The van der Waals surface area contributed by atoms with Crippen molar-refractivity contribution in [3.05, 3.63) is 30.1 Å². The molecule has 0 aliphatic rings. The Labute approximate surface area is 135 Å². The number of benzene rings is 1. The number of urea groups is 1. The van der Waals surface area contributed by atoms with Gasteiger partial charge in [0.15, 0.2) is 5.82 Å². The van der Waals surface area contributed by atoms with E-state index in [0.29, 0.717) is 13.0 Å². The summed E-state index contributed by atoms with van der Waals surface area (Å²) in [6.07, 6.45) is 0.704. The maximum absolute atomic E-state index is 12.8. The highest BCUT2D eigenvalue weighted by molar-refractivity contribution is 6.03. The molecule has 1 heterocycles. The van der Waals surface area contributed by atoms with E-state index in [9.17, 15) is 9.59 Å². The molecule has 0 radical (unpaired) electrons. The average Bonchev–Trinajstić information content (AvgIpc) is 2.87. The molecule has 0 bridgehead atoms. The number of carbonyl (C=O) groups is 2. The minimum absolute atomic E-state index is 0.264. The lowest BCUT2D eigenvalue weighted by Gasteiger charge is -2.21. The van der Waals surface area contributed by atoms with Crippen molar-refractivity contribution in [2.75, 3.05) is 34.2 Å². The Hall–Kier alpha value is -2.41. The van der Waals surface area contributed by atoms with Gasteiger partial charge in [0.2, 0.25) is 0 Å². The largest absolute Gasteiger partial charge is 0.341 e. The summed E-state index contributed by atoms with van der Waals surface area (Å²) in [5, 5.41) is 2.52. The lowest BCUT2D eigenvalue weighted by molar-refractivity contribution is 0.0783. The molecule has 0 saturated carbocycles. The van der Waals surface area contributed by atoms with E-state index >= 15 is 0 Å². The molecule has 0 fully saturated rings. The van der Waals surface area contributed by atoms with Gasteiger partial charge in [0.25, 0.3) is 5.91 Å². The number of hydrogen-bond acceptors (Lipinski definition) is 4. The molecule has 1 N–H and O–H groups in total. The Morgan fingerprint density at radius 2 is 1.91 bits per heavy atom. The summed E-state index contributed by atoms with van der Waals surface area (Å²) >= 11 is 0. The lowest BCUT2D eigenvalue weighted by Crippen LogP contribution is -2.44. The molecule has 3 amide bonds. The van der Waals surface area contributed by atoms with Crippen molar-refractivity contribution in [3.63, 3.8) is 0 Å². The fourth-order valence-electron chi connectivity index (χ4n) is 2.43. The standard InChI is InChI=1S/C16H23N5O2/c1-17-16(23)21(11-7-10-19(2)3)15(22)14-18-12-8-5-6-9-13(12)20(14)4/h5-6,8-9H,7,10-11H2,1-4H3,(H,17,23). The molecule has 2 aromatic rings. The van der Waals surface area contributed by atoms with Crippen LogP contribution >= 0.6 is 0 Å². The van der Waals surface area contributed by atoms with E-state index in [1.165, 1.54) is 11.9 Å². The molecule has 0 aliphatic carbocycles. The van der Waals surface area contributed by atoms with Gasteiger partial charge in [-0.05, 0) is 39.2 Å². The van der Waals surface area contributed by atoms with Crippen LogP contribution in [-0.4, -0.2) is 65.5 Å². The van der Waals surface area contributed by atoms with Crippen LogP contribution in [0.5, 0.6) is 0 Å². The average molecular weight is 317 g/mol. The number of aromatic nitrogens is 2. The van der Waals surface area contributed by atoms with Crippen molar-refractivity contribution in [1.82, 2.24) is 24.7 Å². The number of para-hydroxylation sites is 2. The Morgan fingerprint density at radius 1 is 1.22 bits per heavy atom. The van der Waals surface area contributed by atoms with Crippen LogP contribution in [0.4, 0.5) is 4.79 Å². The lowest BCUT2D eigenvalue weighted by atomic mass is 10.3. The van der Waals surface area contributed by atoms with E-state index in [1.54, 1.807) is 11.6 Å². The van der Waals surface area contributed by atoms with E-state index < -0.39 is 6.03 Å². The van der Waals surface area contributed by atoms with Gasteiger partial charge in [-0.25, -0.2) is 9.78 Å². The van der Waals surface area contributed by atoms with Gasteiger partial charge < -0.3 is 14.8 Å². The van der Waals surface area contributed by atoms with Crippen LogP contribution in [0.1, 0.15) is 17.0 Å². The summed E-state index contributed by atoms with van der Waals surface area (Å²) < 4.78 is 1.72. The number of imide groups is 1. The number of nitrogens with zero attached hydrogens (tertiary/aromatic N) is 4. The van der Waals surface area contributed by atoms with Crippen LogP contribution in [-0.2, 0) is 7.05 Å². The number of nitrogens with one attached hydrogen (secondary N) is 1. The zero-order valence-electron chi connectivity index (χ0n) is 14.0. The molecule has 124 valence electrons. The number of amides is 3. The maximum Gasteiger partial charge on any atom is 0.324 e. The molecule has 23 heavy (non-hydrogen) atoms. The highest BCUT2D eigenvalue weighted by atomic mass is 16.2. The van der Waals surface area contributed by atoms with Gasteiger partial charge in [0.05, 0.1) is 11.0 Å². The summed E-state index contributed by atoms with van der Waals surface area (Å²) in [6, 6.07) is 7.10. The monoisotopic (exact) mass is 317 g/mol. The van der Waals surface area contributed by atoms with Crippen LogP contribution in [0.3, 0.4) is 0 Å². The molecule has 0 unspecified atom stereocenters. The van der Waals surface area contributed by atoms with Crippen LogP contribution < -0.4 is 5.32 Å². The van der Waals surface area contributed by atoms with Crippen molar-refractivity contribution in [2.24, 2.45) is 7.05 Å². The van der Waals surface area contributed by atoms with Gasteiger partial charge in [-0.15, -0.1) is 0 Å². The van der Waals surface area contributed by atoms with Crippen molar-refractivity contribution in [2.45, 2.75) is 6.42 Å². The van der Waals surface area contributed by atoms with Crippen molar-refractivity contribution >= 4 is 23.0 Å². The SMILES string of the molecule is CNC(=O)N(CCCN(C)C)C(=O)c1nc2ccccc2n1C. The normalized spacial score (nSPS) is 11.0. The fraction of sp³-hybridized carbons (Fsp3) is 0.438. The second kappa shape index (κ2) is 7.23. The molecule has 2 rings (SSSR count). The van der Waals surface area contributed by atoms with Crippen LogP contribution in [0.25, 0.3) is 11.0 Å². The smallest absolute Gasteiger partial charge is 0.324 e. The first-order valence-corrected chi connectivity index (χ1v) is 7.55. The highest BCUT2D eigenvalue weighted by Crippen LogP contribution is 2.16. The summed E-state index contributed by atoms with van der Waals surface area (Å²) in [5.41, 5.74) is 1.60. The first-order chi connectivity index (χ1) is 11.0. The first-order valence-electron chi connectivity index (χ1n) is 7.55. The number of rotatable bonds is 5. The fourth-order valence-corrected chi connectivity index (χ4v) is 2.43. The molecular formula is C16H23N5O2. The predicted octanol–water partition coefficient (Wildman–Crippen LogP) is 1.31. The Kier molecular flexibility index (Phi) is 5.33. The van der Waals surface area contributed by atoms with E-state index in [0.717, 1.165) is 17.6 Å². The summed E-state index contributed by atoms with van der Waals surface area (Å²) in [4.78, 5) is 32.5. The minimum Gasteiger partial charge on any atom is -0.341 e. The summed E-state index contributed by atoms with van der Waals surface area (Å²) in [7, 11) is 7.21. The van der Waals surface area contributed by atoms with Crippen LogP contribution in [0, 0.1) is 0 Å². The van der Waals surface area contributed by atoms with E-state index in [4.69, 9.17) is 0 Å². The zero-order valence-corrected chi connectivity index (χ0v) is 14.0. The van der Waals surface area contributed by atoms with Crippen molar-refractivity contribution in [3.8, 4) is 0 Å². The number of fused-ring (bicyclic) bond motifs is 1. The summed E-state index contributed by atoms with van der Waals surface area (Å²) in [6.45, 7) is 1.14. The molecule has 7 nitrogen and oxygen atoms in total. The highest BCUT2D eigenvalue weighted by Gasteiger charge is 2.26. The first kappa shape index (κ1) is 17.0. The van der Waals surface area contributed by atoms with Gasteiger partial charge in [0, 0.05) is 20.6 Å². The minimum atomic E-state index is -0.416. The van der Waals surface area contributed by atoms with E-state index in [2.05, 4.69) is 10.3 Å². The van der Waals surface area contributed by atoms with Crippen molar-refractivity contribution < 1.29 is 9.59 Å². The van der Waals surface area contributed by atoms with E-state index in [-0.39, 0.29) is 11.7 Å². The summed E-state index contributed by atoms with van der Waals surface area (Å²) in [5.74, 6) is -0.124. The molecule has 1 aromatic carbocycles. The topological polar surface area (TPSA) is 70.5 Å². The van der Waals surface area contributed by atoms with Gasteiger partial charge in [0.1, 0.15) is 0 Å². The number of aryl methyl sites for hydroxylation is 1. The van der Waals surface area contributed by atoms with E-state index in [1.807, 2.05) is 43.3 Å². The van der Waals surface area contributed by atoms with Crippen LogP contribution in [0.15, 0.2) is 24.3 Å². The second-order valence-electron chi connectivity index (χ2n) is 5.65. The Bertz CT molecular complexity index is 708. The third-order valence-electron chi connectivity index (χ3n) is 3.67. The molecule has 0 atom stereocenters. The third-order valence-corrected chi connectivity index (χ3v) is 3.67. The molecule has 0 saturated heterocycles.